The fourth-order valence-electron chi connectivity index (χ4n) is 5.64. The van der Waals surface area contributed by atoms with Crippen LogP contribution < -0.4 is 29.1 Å². The highest BCUT2D eigenvalue weighted by molar-refractivity contribution is 5.94. The molecule has 5 aromatic rings. The van der Waals surface area contributed by atoms with E-state index in [0.29, 0.717) is 52.7 Å². The monoisotopic (exact) mass is 594 g/mol. The third-order valence-electron chi connectivity index (χ3n) is 7.75. The van der Waals surface area contributed by atoms with Gasteiger partial charge in [-0.2, -0.15) is 0 Å². The van der Waals surface area contributed by atoms with Crippen molar-refractivity contribution in [2.75, 3.05) is 27.9 Å². The third-order valence-corrected chi connectivity index (χ3v) is 7.75. The Morgan fingerprint density at radius 2 is 1.64 bits per heavy atom. The highest BCUT2D eigenvalue weighted by atomic mass is 16.5. The summed E-state index contributed by atoms with van der Waals surface area (Å²) in [7, 11) is 4.57. The third kappa shape index (κ3) is 5.17. The molecule has 1 atom stereocenters. The lowest BCUT2D eigenvalue weighted by Gasteiger charge is -2.28. The molecular formula is C35H30O9. The molecule has 0 radical (unpaired) electrons. The highest BCUT2D eigenvalue weighted by Gasteiger charge is 2.36. The molecule has 2 heterocycles. The summed E-state index contributed by atoms with van der Waals surface area (Å²) in [6, 6.07) is 21.7. The van der Waals surface area contributed by atoms with Crippen molar-refractivity contribution in [3.63, 3.8) is 0 Å². The quantitative estimate of drug-likeness (QED) is 0.156. The molecular weight excluding hydrogens is 564 g/mol. The maximum absolute atomic E-state index is 13.9. The van der Waals surface area contributed by atoms with Crippen LogP contribution in [0.4, 0.5) is 0 Å². The smallest absolute Gasteiger partial charge is 0.312 e. The number of carbonyl (C=O) groups is 1. The summed E-state index contributed by atoms with van der Waals surface area (Å²) in [5, 5.41) is 11.0. The Hall–Kier alpha value is -5.44. The average molecular weight is 595 g/mol. The maximum Gasteiger partial charge on any atom is 0.312 e. The van der Waals surface area contributed by atoms with E-state index in [9.17, 15) is 14.7 Å². The first kappa shape index (κ1) is 28.7. The van der Waals surface area contributed by atoms with Crippen LogP contribution in [0.5, 0.6) is 34.5 Å². The number of fused-ring (bicyclic) bond motifs is 3. The summed E-state index contributed by atoms with van der Waals surface area (Å²) >= 11 is 0. The first-order valence-electron chi connectivity index (χ1n) is 14.0. The van der Waals surface area contributed by atoms with Crippen molar-refractivity contribution < 1.29 is 38.0 Å². The Kier molecular flexibility index (Phi) is 7.85. The Morgan fingerprint density at radius 1 is 0.864 bits per heavy atom. The zero-order valence-corrected chi connectivity index (χ0v) is 24.4. The molecule has 0 unspecified atom stereocenters. The molecule has 0 saturated carbocycles. The molecule has 0 saturated heterocycles. The summed E-state index contributed by atoms with van der Waals surface area (Å²) in [5.74, 6) is 0.532. The molecule has 1 aliphatic rings. The number of ether oxygens (including phenoxy) is 5. The van der Waals surface area contributed by atoms with Gasteiger partial charge in [0, 0.05) is 29.5 Å². The zero-order valence-electron chi connectivity index (χ0n) is 24.4. The van der Waals surface area contributed by atoms with Gasteiger partial charge in [-0.1, -0.05) is 48.5 Å². The molecule has 44 heavy (non-hydrogen) atoms. The second-order valence-electron chi connectivity index (χ2n) is 10.3. The Morgan fingerprint density at radius 3 is 2.39 bits per heavy atom. The fraction of sp³-hybridized carbons (Fsp3) is 0.200. The SMILES string of the molecule is COc1ccc(-c2coc3c4c(cc(O)c3c2=O)OC(=O)C[C@@H]4c2cccc(OC)c2OCCc2ccccc2)cc1OC. The predicted molar refractivity (Wildman–Crippen MR) is 163 cm³/mol. The second kappa shape index (κ2) is 12.0. The number of methoxy groups -OCH3 is 3. The summed E-state index contributed by atoms with van der Waals surface area (Å²) in [5.41, 5.74) is 2.61. The minimum atomic E-state index is -0.619. The van der Waals surface area contributed by atoms with Crippen molar-refractivity contribution >= 4 is 16.9 Å². The molecule has 0 amide bonds. The average Bonchev–Trinajstić information content (AvgIpc) is 3.04. The van der Waals surface area contributed by atoms with E-state index in [2.05, 4.69) is 0 Å². The van der Waals surface area contributed by atoms with Gasteiger partial charge in [0.15, 0.2) is 23.0 Å². The molecule has 0 fully saturated rings. The number of benzene rings is 4. The molecule has 6 rings (SSSR count). The van der Waals surface area contributed by atoms with E-state index in [4.69, 9.17) is 28.1 Å². The molecule has 4 aromatic carbocycles. The van der Waals surface area contributed by atoms with E-state index in [1.54, 1.807) is 31.4 Å². The highest BCUT2D eigenvalue weighted by Crippen LogP contribution is 2.49. The minimum Gasteiger partial charge on any atom is -0.507 e. The minimum absolute atomic E-state index is 0.0339. The van der Waals surface area contributed by atoms with Gasteiger partial charge in [0.05, 0.1) is 39.9 Å². The Balaban J connectivity index is 1.47. The maximum atomic E-state index is 13.9. The van der Waals surface area contributed by atoms with Crippen LogP contribution in [0, 0.1) is 0 Å². The number of carbonyl (C=O) groups excluding carboxylic acids is 1. The molecule has 1 aromatic heterocycles. The van der Waals surface area contributed by atoms with Crippen LogP contribution in [0.3, 0.4) is 0 Å². The number of rotatable bonds is 9. The van der Waals surface area contributed by atoms with Crippen molar-refractivity contribution in [2.45, 2.75) is 18.8 Å². The van der Waals surface area contributed by atoms with Crippen LogP contribution >= 0.6 is 0 Å². The van der Waals surface area contributed by atoms with Crippen molar-refractivity contribution in [1.29, 1.82) is 0 Å². The standard InChI is InChI=1S/C35H30O9/c1-39-26-13-12-21(16-28(26)41-3)24-19-43-35-31-23(17-30(37)44-29(31)18-25(36)32(35)33(24)38)22-10-7-11-27(40-2)34(22)42-15-14-20-8-5-4-6-9-20/h4-13,16,18-19,23,36H,14-15,17H2,1-3H3/t23-/m1/s1. The van der Waals surface area contributed by atoms with Gasteiger partial charge in [-0.3, -0.25) is 9.59 Å². The number of phenolic OH excluding ortho intramolecular Hbond substituents is 1. The molecule has 0 bridgehead atoms. The lowest BCUT2D eigenvalue weighted by molar-refractivity contribution is -0.135. The first-order valence-corrected chi connectivity index (χ1v) is 14.0. The van der Waals surface area contributed by atoms with Crippen molar-refractivity contribution in [1.82, 2.24) is 0 Å². The van der Waals surface area contributed by atoms with Gasteiger partial charge in [0.25, 0.3) is 0 Å². The van der Waals surface area contributed by atoms with Crippen LogP contribution in [0.2, 0.25) is 0 Å². The lowest BCUT2D eigenvalue weighted by Crippen LogP contribution is -2.22. The second-order valence-corrected chi connectivity index (χ2v) is 10.3. The molecule has 0 spiro atoms. The summed E-state index contributed by atoms with van der Waals surface area (Å²) < 4.78 is 34.3. The van der Waals surface area contributed by atoms with E-state index in [1.165, 1.54) is 26.5 Å². The topological polar surface area (TPSA) is 114 Å². The van der Waals surface area contributed by atoms with Crippen molar-refractivity contribution in [3.8, 4) is 45.6 Å². The Bertz CT molecular complexity index is 1910. The van der Waals surface area contributed by atoms with Gasteiger partial charge < -0.3 is 33.2 Å². The first-order chi connectivity index (χ1) is 21.4. The van der Waals surface area contributed by atoms with Crippen LogP contribution in [0.1, 0.15) is 29.0 Å². The number of hydrogen-bond donors (Lipinski definition) is 1. The van der Waals surface area contributed by atoms with Crippen LogP contribution in [0.15, 0.2) is 88.3 Å². The van der Waals surface area contributed by atoms with Crippen LogP contribution in [0.25, 0.3) is 22.1 Å². The number of phenols is 1. The molecule has 9 nitrogen and oxygen atoms in total. The van der Waals surface area contributed by atoms with Gasteiger partial charge in [0.1, 0.15) is 28.7 Å². The van der Waals surface area contributed by atoms with Crippen LogP contribution in [-0.4, -0.2) is 39.0 Å². The van der Waals surface area contributed by atoms with Crippen molar-refractivity contribution in [2.24, 2.45) is 0 Å². The molecule has 1 aliphatic heterocycles. The number of aromatic hydroxyl groups is 1. The van der Waals surface area contributed by atoms with Crippen LogP contribution in [-0.2, 0) is 11.2 Å². The molecule has 1 N–H and O–H groups in total. The van der Waals surface area contributed by atoms with E-state index in [0.717, 1.165) is 5.56 Å². The lowest BCUT2D eigenvalue weighted by atomic mass is 9.84. The van der Waals surface area contributed by atoms with Gasteiger partial charge in [-0.05, 0) is 29.3 Å². The van der Waals surface area contributed by atoms with E-state index in [-0.39, 0.29) is 34.5 Å². The summed E-state index contributed by atoms with van der Waals surface area (Å²) in [6.07, 6.45) is 1.95. The fourth-order valence-corrected chi connectivity index (χ4v) is 5.64. The van der Waals surface area contributed by atoms with E-state index >= 15 is 0 Å². The summed E-state index contributed by atoms with van der Waals surface area (Å²) in [4.78, 5) is 26.7. The van der Waals surface area contributed by atoms with Gasteiger partial charge in [-0.15, -0.1) is 0 Å². The van der Waals surface area contributed by atoms with Crippen molar-refractivity contribution in [3.05, 3.63) is 106 Å². The number of hydrogen-bond acceptors (Lipinski definition) is 9. The van der Waals surface area contributed by atoms with Gasteiger partial charge >= 0.3 is 5.97 Å². The van der Waals surface area contributed by atoms with Gasteiger partial charge in [0.2, 0.25) is 5.43 Å². The zero-order chi connectivity index (χ0) is 30.8. The largest absolute Gasteiger partial charge is 0.507 e. The van der Waals surface area contributed by atoms with E-state index in [1.807, 2.05) is 42.5 Å². The van der Waals surface area contributed by atoms with Gasteiger partial charge in [-0.25, -0.2) is 0 Å². The molecule has 224 valence electrons. The Labute approximate surface area is 253 Å². The number of para-hydroxylation sites is 1. The molecule has 0 aliphatic carbocycles. The number of esters is 1. The van der Waals surface area contributed by atoms with E-state index < -0.39 is 17.3 Å². The molecule has 9 heteroatoms. The predicted octanol–water partition coefficient (Wildman–Crippen LogP) is 6.25. The normalized spacial score (nSPS) is 14.1. The summed E-state index contributed by atoms with van der Waals surface area (Å²) in [6.45, 7) is 0.363.